The Bertz CT molecular complexity index is 848. The van der Waals surface area contributed by atoms with Crippen LogP contribution in [0.5, 0.6) is 0 Å². The Hall–Kier alpha value is -1.69. The van der Waals surface area contributed by atoms with Gasteiger partial charge in [-0.3, -0.25) is 14.4 Å². The van der Waals surface area contributed by atoms with Gasteiger partial charge in [-0.15, -0.1) is 0 Å². The monoisotopic (exact) mass is 430 g/mol. The van der Waals surface area contributed by atoms with E-state index in [1.807, 2.05) is 6.08 Å². The van der Waals surface area contributed by atoms with Crippen molar-refractivity contribution in [1.29, 1.82) is 0 Å². The molecular weight excluding hydrogens is 396 g/mol. The zero-order valence-corrected chi connectivity index (χ0v) is 18.7. The first-order chi connectivity index (χ1) is 14.6. The van der Waals surface area contributed by atoms with E-state index in [0.717, 1.165) is 32.1 Å². The number of fused-ring (bicyclic) bond motifs is 8. The highest BCUT2D eigenvalue weighted by Gasteiger charge is 2.69. The molecule has 31 heavy (non-hydrogen) atoms. The number of ether oxygens (including phenoxy) is 1. The zero-order chi connectivity index (χ0) is 22.3. The molecule has 1 aliphatic heterocycles. The minimum absolute atomic E-state index is 0.0546. The molecule has 2 N–H and O–H groups in total. The molecule has 5 aliphatic rings. The third kappa shape index (κ3) is 2.96. The van der Waals surface area contributed by atoms with Crippen LogP contribution in [0.2, 0.25) is 0 Å². The fourth-order valence-corrected chi connectivity index (χ4v) is 8.63. The van der Waals surface area contributed by atoms with Crippen LogP contribution in [0.1, 0.15) is 65.7 Å². The lowest BCUT2D eigenvalue weighted by Crippen LogP contribution is -2.53. The highest BCUT2D eigenvalue weighted by atomic mass is 16.6. The largest absolute Gasteiger partial charge is 0.481 e. The molecule has 4 aliphatic carbocycles. The highest BCUT2D eigenvalue weighted by molar-refractivity contribution is 5.93. The van der Waals surface area contributed by atoms with Gasteiger partial charge in [-0.1, -0.05) is 20.8 Å². The molecule has 1 heterocycles. The Kier molecular flexibility index (Phi) is 4.71. The Morgan fingerprint density at radius 3 is 2.52 bits per heavy atom. The van der Waals surface area contributed by atoms with Crippen LogP contribution in [0.3, 0.4) is 0 Å². The number of aliphatic carboxylic acids is 2. The summed E-state index contributed by atoms with van der Waals surface area (Å²) in [6, 6.07) is 0. The molecule has 9 atom stereocenters. The summed E-state index contributed by atoms with van der Waals surface area (Å²) in [6.07, 6.45) is 8.31. The van der Waals surface area contributed by atoms with Crippen LogP contribution < -0.4 is 0 Å². The molecule has 0 bridgehead atoms. The molecule has 5 rings (SSSR count). The number of hydrogen-bond acceptors (Lipinski definition) is 4. The summed E-state index contributed by atoms with van der Waals surface area (Å²) in [5.74, 6) is -1.60. The van der Waals surface area contributed by atoms with Crippen LogP contribution in [0, 0.1) is 46.3 Å². The predicted molar refractivity (Wildman–Crippen MR) is 112 cm³/mol. The molecule has 3 saturated carbocycles. The number of rotatable bonds is 5. The average Bonchev–Trinajstić information content (AvgIpc) is 3.41. The van der Waals surface area contributed by atoms with Crippen molar-refractivity contribution < 1.29 is 29.3 Å². The highest BCUT2D eigenvalue weighted by Crippen LogP contribution is 2.70. The molecule has 0 amide bonds. The number of carboxylic acid groups (broad SMARTS) is 2. The zero-order valence-electron chi connectivity index (χ0n) is 18.7. The van der Waals surface area contributed by atoms with Crippen molar-refractivity contribution in [2.75, 3.05) is 0 Å². The number of hydrogen-bond donors (Lipinski definition) is 2. The third-order valence-electron chi connectivity index (χ3n) is 10.2. The van der Waals surface area contributed by atoms with Crippen molar-refractivity contribution in [2.45, 2.75) is 77.9 Å². The van der Waals surface area contributed by atoms with Crippen LogP contribution >= 0.6 is 0 Å². The van der Waals surface area contributed by atoms with E-state index in [2.05, 4.69) is 20.8 Å². The Balaban J connectivity index is 1.40. The molecule has 1 unspecified atom stereocenters. The van der Waals surface area contributed by atoms with E-state index < -0.39 is 17.9 Å². The van der Waals surface area contributed by atoms with E-state index >= 15 is 0 Å². The minimum Gasteiger partial charge on any atom is -0.481 e. The Morgan fingerprint density at radius 2 is 1.84 bits per heavy atom. The summed E-state index contributed by atoms with van der Waals surface area (Å²) in [5.41, 5.74) is 1.40. The van der Waals surface area contributed by atoms with Crippen molar-refractivity contribution in [3.05, 3.63) is 11.6 Å². The molecule has 4 fully saturated rings. The minimum atomic E-state index is -1.33. The molecule has 0 spiro atoms. The number of ketones is 1. The fourth-order valence-electron chi connectivity index (χ4n) is 8.63. The molecule has 0 aromatic carbocycles. The van der Waals surface area contributed by atoms with Gasteiger partial charge in [0.05, 0.1) is 6.10 Å². The van der Waals surface area contributed by atoms with E-state index in [9.17, 15) is 24.6 Å². The third-order valence-corrected chi connectivity index (χ3v) is 10.2. The maximum absolute atomic E-state index is 12.1. The second kappa shape index (κ2) is 6.90. The number of carbonyl (C=O) groups is 3. The fraction of sp³-hybridized carbons (Fsp3) is 0.800. The smallest absolute Gasteiger partial charge is 0.317 e. The second-order valence-electron chi connectivity index (χ2n) is 11.5. The first kappa shape index (κ1) is 21.2. The van der Waals surface area contributed by atoms with Crippen molar-refractivity contribution in [2.24, 2.45) is 46.3 Å². The second-order valence-corrected chi connectivity index (χ2v) is 11.5. The number of carboxylic acids is 2. The Morgan fingerprint density at radius 1 is 1.13 bits per heavy atom. The number of carbonyl (C=O) groups excluding carboxylic acids is 1. The lowest BCUT2D eigenvalue weighted by molar-refractivity contribution is -0.155. The molecule has 0 radical (unpaired) electrons. The van der Waals surface area contributed by atoms with Crippen molar-refractivity contribution in [3.63, 3.8) is 0 Å². The maximum atomic E-state index is 12.1. The molecule has 0 aromatic heterocycles. The van der Waals surface area contributed by atoms with Gasteiger partial charge in [-0.2, -0.15) is 0 Å². The first-order valence-electron chi connectivity index (χ1n) is 11.9. The van der Waals surface area contributed by atoms with Crippen LogP contribution in [0.4, 0.5) is 0 Å². The van der Waals surface area contributed by atoms with Crippen LogP contribution in [-0.2, 0) is 19.1 Å². The molecule has 170 valence electrons. The van der Waals surface area contributed by atoms with Crippen molar-refractivity contribution in [3.8, 4) is 0 Å². The van der Waals surface area contributed by atoms with Gasteiger partial charge in [0.15, 0.2) is 11.7 Å². The lowest BCUT2D eigenvalue weighted by atomic mass is 9.46. The standard InChI is InChI=1S/C25H34O6/c1-12(10-14(22(27)28)23(29)30)15-4-5-16-19-17(7-9-24(15,16)2)25(3)8-6-13(26)11-18(25)20-21(19)31-20/h11-12,14-17,19-21H,4-10H2,1-3H3,(H,27,28)(H,29,30)/t12?,15-,16+,17+,19+,20-,21+,24-,25-/m1/s1. The molecule has 6 nitrogen and oxygen atoms in total. The quantitative estimate of drug-likeness (QED) is 0.506. The van der Waals surface area contributed by atoms with Gasteiger partial charge in [-0.05, 0) is 90.6 Å². The summed E-state index contributed by atoms with van der Waals surface area (Å²) in [7, 11) is 0. The van der Waals surface area contributed by atoms with Crippen molar-refractivity contribution >= 4 is 17.7 Å². The first-order valence-corrected chi connectivity index (χ1v) is 11.9. The van der Waals surface area contributed by atoms with E-state index in [-0.39, 0.29) is 41.2 Å². The topological polar surface area (TPSA) is 104 Å². The van der Waals surface area contributed by atoms with Crippen LogP contribution in [-0.4, -0.2) is 40.1 Å². The Labute approximate surface area is 183 Å². The molecule has 0 aromatic rings. The lowest BCUT2D eigenvalue weighted by Gasteiger charge is -2.57. The van der Waals surface area contributed by atoms with E-state index in [1.165, 1.54) is 5.57 Å². The normalized spacial score (nSPS) is 46.3. The SMILES string of the molecule is CC(CC(C(=O)O)C(=O)O)[C@H]1CC[C@H]2[C@@H]3[C@@H]4O[C@@H]4C4=CC(=O)CC[C@]4(C)[C@H]3CC[C@]12C. The number of epoxide rings is 1. The summed E-state index contributed by atoms with van der Waals surface area (Å²) in [5, 5.41) is 18.7. The van der Waals surface area contributed by atoms with E-state index in [4.69, 9.17) is 4.74 Å². The van der Waals surface area contributed by atoms with Crippen LogP contribution in [0.25, 0.3) is 0 Å². The van der Waals surface area contributed by atoms with Gasteiger partial charge in [0.25, 0.3) is 0 Å². The molecular formula is C25H34O6. The summed E-state index contributed by atoms with van der Waals surface area (Å²) < 4.78 is 6.23. The van der Waals surface area contributed by atoms with Gasteiger partial charge in [-0.25, -0.2) is 0 Å². The summed E-state index contributed by atoms with van der Waals surface area (Å²) in [6.45, 7) is 6.77. The van der Waals surface area contributed by atoms with Gasteiger partial charge >= 0.3 is 11.9 Å². The van der Waals surface area contributed by atoms with E-state index in [1.54, 1.807) is 0 Å². The van der Waals surface area contributed by atoms with Crippen molar-refractivity contribution in [1.82, 2.24) is 0 Å². The molecule has 1 saturated heterocycles. The van der Waals surface area contributed by atoms with Crippen LogP contribution in [0.15, 0.2) is 11.6 Å². The maximum Gasteiger partial charge on any atom is 0.317 e. The summed E-state index contributed by atoms with van der Waals surface area (Å²) in [4.78, 5) is 35.0. The predicted octanol–water partition coefficient (Wildman–Crippen LogP) is 3.93. The van der Waals surface area contributed by atoms with E-state index in [0.29, 0.717) is 30.1 Å². The van der Waals surface area contributed by atoms with Gasteiger partial charge in [0.1, 0.15) is 6.10 Å². The average molecular weight is 431 g/mol. The van der Waals surface area contributed by atoms with Gasteiger partial charge in [0.2, 0.25) is 0 Å². The molecule has 6 heteroatoms. The summed E-state index contributed by atoms with van der Waals surface area (Å²) >= 11 is 0. The van der Waals surface area contributed by atoms with Gasteiger partial charge in [0, 0.05) is 6.42 Å². The van der Waals surface area contributed by atoms with Gasteiger partial charge < -0.3 is 14.9 Å².